The molecule has 0 amide bonds. The van der Waals surface area contributed by atoms with Crippen molar-refractivity contribution in [2.45, 2.75) is 6.42 Å². The molecule has 3 aromatic rings. The molecule has 4 nitrogen and oxygen atoms in total. The van der Waals surface area contributed by atoms with Gasteiger partial charge in [0, 0.05) is 22.0 Å². The Morgan fingerprint density at radius 3 is 2.28 bits per heavy atom. The Morgan fingerprint density at radius 2 is 1.69 bits per heavy atom. The predicted molar refractivity (Wildman–Crippen MR) is 111 cm³/mol. The summed E-state index contributed by atoms with van der Waals surface area (Å²) in [5, 5.41) is 9.46. The first kappa shape index (κ1) is 21.0. The van der Waals surface area contributed by atoms with Crippen molar-refractivity contribution >= 4 is 29.2 Å². The molecule has 150 valence electrons. The van der Waals surface area contributed by atoms with Gasteiger partial charge in [0.1, 0.15) is 17.3 Å². The zero-order chi connectivity index (χ0) is 21.0. The van der Waals surface area contributed by atoms with Gasteiger partial charge in [0.15, 0.2) is 6.61 Å². The lowest BCUT2D eigenvalue weighted by Gasteiger charge is -2.14. The molecule has 0 saturated heterocycles. The maximum Gasteiger partial charge on any atom is 0.341 e. The van der Waals surface area contributed by atoms with E-state index in [0.717, 1.165) is 16.7 Å². The first-order chi connectivity index (χ1) is 13.9. The highest BCUT2D eigenvalue weighted by atomic mass is 35.5. The molecule has 3 aromatic carbocycles. The van der Waals surface area contributed by atoms with E-state index in [1.807, 2.05) is 18.2 Å². The summed E-state index contributed by atoms with van der Waals surface area (Å²) in [6.45, 7) is -0.481. The standard InChI is InChI=1S/C22H17Cl2FO4/c1-28-21-7-2-13(8-17(21)14-3-5-15(25)6-4-14)9-18-19(23)10-16(11-20(18)24)29-12-22(26)27/h2-8,10-11H,9,12H2,1H3,(H,26,27). The maximum atomic E-state index is 13.3. The number of halogens is 3. The van der Waals surface area contributed by atoms with E-state index in [0.29, 0.717) is 27.8 Å². The number of carbonyl (C=O) groups is 1. The lowest BCUT2D eigenvalue weighted by Crippen LogP contribution is -2.09. The fourth-order valence-electron chi connectivity index (χ4n) is 2.90. The average molecular weight is 435 g/mol. The Morgan fingerprint density at radius 1 is 1.03 bits per heavy atom. The third kappa shape index (κ3) is 5.19. The molecule has 7 heteroatoms. The minimum Gasteiger partial charge on any atom is -0.496 e. The van der Waals surface area contributed by atoms with Crippen LogP contribution >= 0.6 is 23.2 Å². The summed E-state index contributed by atoms with van der Waals surface area (Å²) < 4.78 is 23.8. The summed E-state index contributed by atoms with van der Waals surface area (Å²) in [4.78, 5) is 10.6. The van der Waals surface area contributed by atoms with E-state index in [4.69, 9.17) is 37.8 Å². The highest BCUT2D eigenvalue weighted by molar-refractivity contribution is 6.36. The molecule has 0 bridgehead atoms. The van der Waals surface area contributed by atoms with Crippen LogP contribution in [0.5, 0.6) is 11.5 Å². The lowest BCUT2D eigenvalue weighted by molar-refractivity contribution is -0.139. The van der Waals surface area contributed by atoms with Gasteiger partial charge in [0.05, 0.1) is 7.11 Å². The second-order valence-corrected chi connectivity index (χ2v) is 7.08. The van der Waals surface area contributed by atoms with Gasteiger partial charge in [-0.2, -0.15) is 0 Å². The number of hydrogen-bond donors (Lipinski definition) is 1. The van der Waals surface area contributed by atoms with Crippen LogP contribution < -0.4 is 9.47 Å². The molecule has 0 aromatic heterocycles. The van der Waals surface area contributed by atoms with Gasteiger partial charge in [0.2, 0.25) is 0 Å². The molecule has 29 heavy (non-hydrogen) atoms. The van der Waals surface area contributed by atoms with Crippen molar-refractivity contribution in [3.05, 3.63) is 81.6 Å². The van der Waals surface area contributed by atoms with E-state index in [2.05, 4.69) is 0 Å². The minimum atomic E-state index is -1.09. The summed E-state index contributed by atoms with van der Waals surface area (Å²) in [6.07, 6.45) is 0.440. The van der Waals surface area contributed by atoms with Crippen molar-refractivity contribution in [1.29, 1.82) is 0 Å². The fourth-order valence-corrected chi connectivity index (χ4v) is 3.50. The molecule has 0 aliphatic rings. The molecular formula is C22H17Cl2FO4. The third-order valence-electron chi connectivity index (χ3n) is 4.28. The molecule has 0 atom stereocenters. The molecule has 0 saturated carbocycles. The number of carboxylic acids is 1. The summed E-state index contributed by atoms with van der Waals surface area (Å²) in [5.41, 5.74) is 3.25. The van der Waals surface area contributed by atoms with Crippen LogP contribution in [0, 0.1) is 5.82 Å². The molecule has 3 rings (SSSR count). The van der Waals surface area contributed by atoms with Crippen molar-refractivity contribution < 1.29 is 23.8 Å². The Hall–Kier alpha value is -2.76. The largest absolute Gasteiger partial charge is 0.496 e. The van der Waals surface area contributed by atoms with E-state index >= 15 is 0 Å². The van der Waals surface area contributed by atoms with Gasteiger partial charge in [0.25, 0.3) is 0 Å². The second-order valence-electron chi connectivity index (χ2n) is 6.27. The molecule has 0 aliphatic carbocycles. The third-order valence-corrected chi connectivity index (χ3v) is 4.95. The molecular weight excluding hydrogens is 418 g/mol. The summed E-state index contributed by atoms with van der Waals surface area (Å²) in [7, 11) is 1.58. The van der Waals surface area contributed by atoms with Crippen molar-refractivity contribution in [3.8, 4) is 22.6 Å². The number of hydrogen-bond acceptors (Lipinski definition) is 3. The molecule has 0 heterocycles. The van der Waals surface area contributed by atoms with Gasteiger partial charge in [-0.05, 0) is 53.1 Å². The molecule has 1 N–H and O–H groups in total. The van der Waals surface area contributed by atoms with E-state index in [1.165, 1.54) is 24.3 Å². The van der Waals surface area contributed by atoms with E-state index in [-0.39, 0.29) is 11.6 Å². The van der Waals surface area contributed by atoms with Crippen LogP contribution in [0.4, 0.5) is 4.39 Å². The maximum absolute atomic E-state index is 13.3. The second kappa shape index (κ2) is 9.16. The fraction of sp³-hybridized carbons (Fsp3) is 0.136. The first-order valence-corrected chi connectivity index (χ1v) is 9.38. The number of ether oxygens (including phenoxy) is 2. The predicted octanol–water partition coefficient (Wildman–Crippen LogP) is 5.86. The number of benzene rings is 3. The van der Waals surface area contributed by atoms with Crippen molar-refractivity contribution in [3.63, 3.8) is 0 Å². The number of methoxy groups -OCH3 is 1. The Bertz CT molecular complexity index is 1010. The Kier molecular flexibility index (Phi) is 6.62. The number of carboxylic acid groups (broad SMARTS) is 1. The SMILES string of the molecule is COc1ccc(Cc2c(Cl)cc(OCC(=O)O)cc2Cl)cc1-c1ccc(F)cc1. The van der Waals surface area contributed by atoms with Gasteiger partial charge >= 0.3 is 5.97 Å². The van der Waals surface area contributed by atoms with Gasteiger partial charge < -0.3 is 14.6 Å². The zero-order valence-electron chi connectivity index (χ0n) is 15.4. The first-order valence-electron chi connectivity index (χ1n) is 8.62. The highest BCUT2D eigenvalue weighted by Gasteiger charge is 2.13. The van der Waals surface area contributed by atoms with Crippen LogP contribution in [-0.2, 0) is 11.2 Å². The Labute approximate surface area is 177 Å². The van der Waals surface area contributed by atoms with Crippen molar-refractivity contribution in [1.82, 2.24) is 0 Å². The van der Waals surface area contributed by atoms with E-state index < -0.39 is 12.6 Å². The minimum absolute atomic E-state index is 0.285. The van der Waals surface area contributed by atoms with Crippen LogP contribution in [0.3, 0.4) is 0 Å². The van der Waals surface area contributed by atoms with E-state index in [1.54, 1.807) is 19.2 Å². The number of rotatable bonds is 7. The summed E-state index contributed by atoms with van der Waals surface area (Å²) >= 11 is 12.7. The van der Waals surface area contributed by atoms with Gasteiger partial charge in [-0.25, -0.2) is 9.18 Å². The van der Waals surface area contributed by atoms with Crippen LogP contribution in [0.2, 0.25) is 10.0 Å². The average Bonchev–Trinajstić information content (AvgIpc) is 2.69. The summed E-state index contributed by atoms with van der Waals surface area (Å²) in [6, 6.07) is 14.9. The summed E-state index contributed by atoms with van der Waals surface area (Å²) in [5.74, 6) is -0.455. The number of aliphatic carboxylic acids is 1. The van der Waals surface area contributed by atoms with Gasteiger partial charge in [-0.1, -0.05) is 41.4 Å². The smallest absolute Gasteiger partial charge is 0.341 e. The normalized spacial score (nSPS) is 10.6. The Balaban J connectivity index is 1.91. The van der Waals surface area contributed by atoms with Crippen molar-refractivity contribution in [2.75, 3.05) is 13.7 Å². The topological polar surface area (TPSA) is 55.8 Å². The molecule has 0 aliphatic heterocycles. The molecule has 0 fully saturated rings. The lowest BCUT2D eigenvalue weighted by atomic mass is 9.98. The van der Waals surface area contributed by atoms with Gasteiger partial charge in [-0.3, -0.25) is 0 Å². The van der Waals surface area contributed by atoms with Crippen LogP contribution in [-0.4, -0.2) is 24.8 Å². The quantitative estimate of drug-likeness (QED) is 0.505. The van der Waals surface area contributed by atoms with Crippen LogP contribution in [0.15, 0.2) is 54.6 Å². The van der Waals surface area contributed by atoms with Crippen molar-refractivity contribution in [2.24, 2.45) is 0 Å². The van der Waals surface area contributed by atoms with Gasteiger partial charge in [-0.15, -0.1) is 0 Å². The molecule has 0 radical (unpaired) electrons. The monoisotopic (exact) mass is 434 g/mol. The molecule has 0 spiro atoms. The molecule has 0 unspecified atom stereocenters. The van der Waals surface area contributed by atoms with Crippen LogP contribution in [0.1, 0.15) is 11.1 Å². The van der Waals surface area contributed by atoms with Crippen LogP contribution in [0.25, 0.3) is 11.1 Å². The highest BCUT2D eigenvalue weighted by Crippen LogP contribution is 2.35. The zero-order valence-corrected chi connectivity index (χ0v) is 16.9. The van der Waals surface area contributed by atoms with E-state index in [9.17, 15) is 9.18 Å².